The van der Waals surface area contributed by atoms with Crippen LogP contribution >= 0.6 is 0 Å². The minimum Gasteiger partial charge on any atom is -0.484 e. The average molecular weight is 532 g/mol. The molecule has 0 atom stereocenters. The van der Waals surface area contributed by atoms with Crippen LogP contribution in [0, 0.1) is 20.8 Å². The number of carbonyl (C=O) groups excluding carboxylic acids is 1. The van der Waals surface area contributed by atoms with E-state index in [9.17, 15) is 21.6 Å². The minimum absolute atomic E-state index is 0.0154. The number of benzene rings is 3. The van der Waals surface area contributed by atoms with Crippen LogP contribution in [0.5, 0.6) is 5.75 Å². The average Bonchev–Trinajstić information content (AvgIpc) is 2.82. The molecule has 0 unspecified atom stereocenters. The molecule has 3 aromatic rings. The summed E-state index contributed by atoms with van der Waals surface area (Å²) in [5, 5.41) is 2.58. The molecule has 3 aromatic carbocycles. The molecule has 0 saturated carbocycles. The summed E-state index contributed by atoms with van der Waals surface area (Å²) >= 11 is 0. The molecule has 0 spiro atoms. The van der Waals surface area contributed by atoms with Crippen LogP contribution in [0.2, 0.25) is 0 Å². The van der Waals surface area contributed by atoms with E-state index >= 15 is 0 Å². The van der Waals surface area contributed by atoms with E-state index < -0.39 is 26.0 Å². The molecule has 36 heavy (non-hydrogen) atoms. The summed E-state index contributed by atoms with van der Waals surface area (Å²) in [4.78, 5) is 12.3. The van der Waals surface area contributed by atoms with Gasteiger partial charge in [0, 0.05) is 18.8 Å². The molecule has 11 heteroatoms. The molecular weight excluding hydrogens is 502 g/mol. The molecule has 1 amide bonds. The Hall–Kier alpha value is -3.41. The zero-order valence-corrected chi connectivity index (χ0v) is 21.9. The van der Waals surface area contributed by atoms with Crippen molar-refractivity contribution in [1.29, 1.82) is 0 Å². The minimum atomic E-state index is -3.79. The fraction of sp³-hybridized carbons (Fsp3) is 0.240. The first kappa shape index (κ1) is 27.2. The van der Waals surface area contributed by atoms with Crippen molar-refractivity contribution in [3.63, 3.8) is 0 Å². The number of amides is 1. The number of hydrogen-bond donors (Lipinski definition) is 3. The molecule has 0 aliphatic heterocycles. The molecule has 192 valence electrons. The van der Waals surface area contributed by atoms with Crippen molar-refractivity contribution in [3.05, 3.63) is 83.4 Å². The molecule has 0 heterocycles. The smallest absolute Gasteiger partial charge is 0.261 e. The lowest BCUT2D eigenvalue weighted by molar-refractivity contribution is -0.123. The van der Waals surface area contributed by atoms with E-state index in [0.717, 1.165) is 11.1 Å². The summed E-state index contributed by atoms with van der Waals surface area (Å²) in [5.41, 5.74) is 2.96. The van der Waals surface area contributed by atoms with Crippen molar-refractivity contribution in [2.75, 3.05) is 24.4 Å². The third-order valence-corrected chi connectivity index (χ3v) is 8.05. The van der Waals surface area contributed by atoms with E-state index in [4.69, 9.17) is 4.74 Å². The van der Waals surface area contributed by atoms with Crippen molar-refractivity contribution in [2.45, 2.75) is 30.6 Å². The third-order valence-electron chi connectivity index (χ3n) is 5.19. The third kappa shape index (κ3) is 7.54. The number of aryl methyl sites for hydroxylation is 3. The van der Waals surface area contributed by atoms with Gasteiger partial charge in [-0.1, -0.05) is 35.4 Å². The van der Waals surface area contributed by atoms with Crippen LogP contribution in [0.4, 0.5) is 5.69 Å². The number of rotatable bonds is 11. The Bertz CT molecular complexity index is 1420. The van der Waals surface area contributed by atoms with Gasteiger partial charge in [0.25, 0.3) is 15.9 Å². The number of anilines is 1. The van der Waals surface area contributed by atoms with Crippen LogP contribution in [0.3, 0.4) is 0 Å². The van der Waals surface area contributed by atoms with Gasteiger partial charge in [-0.2, -0.15) is 0 Å². The van der Waals surface area contributed by atoms with Crippen molar-refractivity contribution in [2.24, 2.45) is 0 Å². The van der Waals surface area contributed by atoms with Gasteiger partial charge in [0.2, 0.25) is 10.0 Å². The number of hydrogen-bond acceptors (Lipinski definition) is 6. The molecule has 0 saturated heterocycles. The first-order valence-corrected chi connectivity index (χ1v) is 14.1. The number of nitrogens with one attached hydrogen (secondary N) is 3. The predicted octanol–water partition coefficient (Wildman–Crippen LogP) is 2.89. The first-order valence-electron chi connectivity index (χ1n) is 11.1. The van der Waals surface area contributed by atoms with E-state index in [1.165, 1.54) is 30.3 Å². The van der Waals surface area contributed by atoms with Crippen LogP contribution in [0.1, 0.15) is 16.7 Å². The molecule has 0 fully saturated rings. The second-order valence-corrected chi connectivity index (χ2v) is 11.7. The van der Waals surface area contributed by atoms with Gasteiger partial charge in [0.15, 0.2) is 6.61 Å². The molecule has 0 bridgehead atoms. The highest BCUT2D eigenvalue weighted by Gasteiger charge is 2.17. The number of carbonyl (C=O) groups is 1. The fourth-order valence-corrected chi connectivity index (χ4v) is 5.34. The van der Waals surface area contributed by atoms with Gasteiger partial charge in [-0.15, -0.1) is 0 Å². The van der Waals surface area contributed by atoms with Crippen LogP contribution in [-0.2, 0) is 24.8 Å². The Kier molecular flexibility index (Phi) is 8.72. The van der Waals surface area contributed by atoms with E-state index in [2.05, 4.69) is 14.8 Å². The monoisotopic (exact) mass is 531 g/mol. The van der Waals surface area contributed by atoms with Crippen molar-refractivity contribution < 1.29 is 26.4 Å². The van der Waals surface area contributed by atoms with Gasteiger partial charge in [-0.25, -0.2) is 21.6 Å². The van der Waals surface area contributed by atoms with Gasteiger partial charge < -0.3 is 10.1 Å². The Labute approximate surface area is 212 Å². The predicted molar refractivity (Wildman–Crippen MR) is 138 cm³/mol. The maximum atomic E-state index is 12.7. The summed E-state index contributed by atoms with van der Waals surface area (Å²) in [6.45, 7) is 5.24. The SMILES string of the molecule is Cc1ccc(NS(=O)(=O)c2ccc(OCC(=O)NCCNS(=O)(=O)c3ccc(C)cc3)c(C)c2)cc1. The van der Waals surface area contributed by atoms with Crippen LogP contribution < -0.4 is 19.5 Å². The summed E-state index contributed by atoms with van der Waals surface area (Å²) in [6, 6.07) is 17.8. The van der Waals surface area contributed by atoms with Crippen molar-refractivity contribution in [3.8, 4) is 5.75 Å². The Morgan fingerprint density at radius 3 is 1.94 bits per heavy atom. The molecule has 3 rings (SSSR count). The summed E-state index contributed by atoms with van der Waals surface area (Å²) in [5.74, 6) is -0.0822. The normalized spacial score (nSPS) is 11.6. The highest BCUT2D eigenvalue weighted by molar-refractivity contribution is 7.92. The largest absolute Gasteiger partial charge is 0.484 e. The lowest BCUT2D eigenvalue weighted by atomic mass is 10.2. The molecule has 0 aliphatic rings. The van der Waals surface area contributed by atoms with Gasteiger partial charge in [-0.3, -0.25) is 9.52 Å². The first-order chi connectivity index (χ1) is 17.0. The number of ether oxygens (including phenoxy) is 1. The van der Waals surface area contributed by atoms with E-state index in [0.29, 0.717) is 17.0 Å². The summed E-state index contributed by atoms with van der Waals surface area (Å²) in [7, 11) is -7.45. The summed E-state index contributed by atoms with van der Waals surface area (Å²) < 4.78 is 60.3. The number of sulfonamides is 2. The van der Waals surface area contributed by atoms with Crippen LogP contribution in [-0.4, -0.2) is 42.4 Å². The van der Waals surface area contributed by atoms with Gasteiger partial charge >= 0.3 is 0 Å². The second kappa shape index (κ2) is 11.5. The molecule has 0 aromatic heterocycles. The van der Waals surface area contributed by atoms with Gasteiger partial charge in [0.05, 0.1) is 9.79 Å². The van der Waals surface area contributed by atoms with Crippen molar-refractivity contribution in [1.82, 2.24) is 10.0 Å². The Morgan fingerprint density at radius 2 is 1.33 bits per heavy atom. The zero-order chi connectivity index (χ0) is 26.3. The highest BCUT2D eigenvalue weighted by Crippen LogP contribution is 2.23. The van der Waals surface area contributed by atoms with Crippen LogP contribution in [0.25, 0.3) is 0 Å². The van der Waals surface area contributed by atoms with E-state index in [1.54, 1.807) is 31.2 Å². The summed E-state index contributed by atoms with van der Waals surface area (Å²) in [6.07, 6.45) is 0. The second-order valence-electron chi connectivity index (χ2n) is 8.25. The molecule has 0 aliphatic carbocycles. The lowest BCUT2D eigenvalue weighted by Crippen LogP contribution is -2.36. The standard InChI is InChI=1S/C25H29N3O6S2/c1-18-4-8-21(9-5-18)28-36(32,33)23-12-13-24(20(3)16-23)34-17-25(29)26-14-15-27-35(30,31)22-10-6-19(2)7-11-22/h4-13,16,27-28H,14-15,17H2,1-3H3,(H,26,29). The highest BCUT2D eigenvalue weighted by atomic mass is 32.2. The topological polar surface area (TPSA) is 131 Å². The Morgan fingerprint density at radius 1 is 0.750 bits per heavy atom. The molecule has 0 radical (unpaired) electrons. The van der Waals surface area contributed by atoms with Gasteiger partial charge in [-0.05, 0) is 68.8 Å². The lowest BCUT2D eigenvalue weighted by Gasteiger charge is -2.13. The van der Waals surface area contributed by atoms with Crippen LogP contribution in [0.15, 0.2) is 76.5 Å². The van der Waals surface area contributed by atoms with E-state index in [-0.39, 0.29) is 29.5 Å². The quantitative estimate of drug-likeness (QED) is 0.326. The fourth-order valence-electron chi connectivity index (χ4n) is 3.17. The van der Waals surface area contributed by atoms with E-state index in [1.807, 2.05) is 26.0 Å². The van der Waals surface area contributed by atoms with Crippen molar-refractivity contribution >= 4 is 31.6 Å². The molecule has 3 N–H and O–H groups in total. The Balaban J connectivity index is 1.47. The zero-order valence-electron chi connectivity index (χ0n) is 20.2. The van der Waals surface area contributed by atoms with Gasteiger partial charge in [0.1, 0.15) is 5.75 Å². The maximum Gasteiger partial charge on any atom is 0.261 e. The molecular formula is C25H29N3O6S2. The maximum absolute atomic E-state index is 12.7. The molecule has 9 nitrogen and oxygen atoms in total.